The number of ether oxygens (including phenoxy) is 2. The van der Waals surface area contributed by atoms with Crippen molar-refractivity contribution in [3.63, 3.8) is 0 Å². The monoisotopic (exact) mass is 459 g/mol. The van der Waals surface area contributed by atoms with Gasteiger partial charge in [0.2, 0.25) is 0 Å². The predicted octanol–water partition coefficient (Wildman–Crippen LogP) is 6.32. The van der Waals surface area contributed by atoms with E-state index < -0.39 is 6.36 Å². The molecule has 0 saturated carbocycles. The van der Waals surface area contributed by atoms with E-state index in [9.17, 15) is 13.2 Å². The summed E-state index contributed by atoms with van der Waals surface area (Å²) in [5.41, 5.74) is 2.23. The first-order chi connectivity index (χ1) is 15.5. The molecule has 0 N–H and O–H groups in total. The van der Waals surface area contributed by atoms with Crippen molar-refractivity contribution in [3.8, 4) is 5.75 Å². The number of hydrogen-bond donors (Lipinski definition) is 0. The van der Waals surface area contributed by atoms with Crippen LogP contribution in [0.2, 0.25) is 0 Å². The van der Waals surface area contributed by atoms with Crippen molar-refractivity contribution in [2.24, 2.45) is 0 Å². The Morgan fingerprint density at radius 2 is 1.59 bits per heavy atom. The van der Waals surface area contributed by atoms with Crippen LogP contribution in [0.3, 0.4) is 0 Å². The van der Waals surface area contributed by atoms with E-state index in [-0.39, 0.29) is 17.1 Å². The van der Waals surface area contributed by atoms with E-state index in [0.29, 0.717) is 18.0 Å². The maximum absolute atomic E-state index is 12.9. The molecule has 0 aromatic heterocycles. The van der Waals surface area contributed by atoms with Crippen molar-refractivity contribution in [3.05, 3.63) is 96.1 Å². The van der Waals surface area contributed by atoms with Crippen LogP contribution in [0.15, 0.2) is 89.8 Å². The molecule has 0 unspecified atom stereocenters. The Bertz CT molecular complexity index is 985. The van der Waals surface area contributed by atoms with Gasteiger partial charge in [0.05, 0.1) is 22.9 Å². The van der Waals surface area contributed by atoms with Crippen LogP contribution in [0.5, 0.6) is 5.75 Å². The molecule has 1 saturated heterocycles. The van der Waals surface area contributed by atoms with Gasteiger partial charge in [-0.2, -0.15) is 0 Å². The zero-order valence-corrected chi connectivity index (χ0v) is 18.2. The van der Waals surface area contributed by atoms with Crippen molar-refractivity contribution in [2.45, 2.75) is 29.2 Å². The van der Waals surface area contributed by atoms with Crippen LogP contribution < -0.4 is 4.74 Å². The van der Waals surface area contributed by atoms with Crippen LogP contribution in [0, 0.1) is 0 Å². The van der Waals surface area contributed by atoms with Gasteiger partial charge in [-0.15, -0.1) is 24.9 Å². The number of para-hydroxylation sites is 1. The average Bonchev–Trinajstić information content (AvgIpc) is 2.79. The molecule has 168 valence electrons. The topological polar surface area (TPSA) is 21.7 Å². The van der Waals surface area contributed by atoms with Gasteiger partial charge in [-0.25, -0.2) is 0 Å². The first-order valence-electron chi connectivity index (χ1n) is 10.4. The minimum atomic E-state index is -4.74. The zero-order valence-electron chi connectivity index (χ0n) is 17.4. The Labute approximate surface area is 190 Å². The van der Waals surface area contributed by atoms with Crippen molar-refractivity contribution in [2.75, 3.05) is 19.7 Å². The summed E-state index contributed by atoms with van der Waals surface area (Å²) in [5, 5.41) is -0.187. The Morgan fingerprint density at radius 1 is 0.938 bits per heavy atom. The molecule has 0 bridgehead atoms. The highest BCUT2D eigenvalue weighted by molar-refractivity contribution is 7.99. The van der Waals surface area contributed by atoms with E-state index in [1.54, 1.807) is 18.2 Å². The lowest BCUT2D eigenvalue weighted by atomic mass is 10.1. The molecular weight excluding hydrogens is 435 g/mol. The van der Waals surface area contributed by atoms with E-state index in [0.717, 1.165) is 18.7 Å². The Morgan fingerprint density at radius 3 is 2.31 bits per heavy atom. The maximum Gasteiger partial charge on any atom is 0.573 e. The number of rotatable bonds is 7. The van der Waals surface area contributed by atoms with Crippen LogP contribution in [-0.4, -0.2) is 37.1 Å². The highest BCUT2D eigenvalue weighted by Gasteiger charge is 2.34. The number of morpholine rings is 1. The molecule has 3 nitrogen and oxygen atoms in total. The van der Waals surface area contributed by atoms with Gasteiger partial charge in [0, 0.05) is 19.6 Å². The number of halogens is 3. The third-order valence-electron chi connectivity index (χ3n) is 5.22. The molecule has 3 aromatic rings. The first kappa shape index (κ1) is 22.7. The molecule has 3 aromatic carbocycles. The molecule has 1 aliphatic rings. The summed E-state index contributed by atoms with van der Waals surface area (Å²) < 4.78 is 49.2. The Balaban J connectivity index is 1.57. The lowest BCUT2D eigenvalue weighted by Crippen LogP contribution is -2.44. The van der Waals surface area contributed by atoms with Gasteiger partial charge in [-0.1, -0.05) is 72.8 Å². The fourth-order valence-electron chi connectivity index (χ4n) is 3.79. The fraction of sp³-hybridized carbons (Fsp3) is 0.280. The van der Waals surface area contributed by atoms with E-state index >= 15 is 0 Å². The number of alkyl halides is 3. The van der Waals surface area contributed by atoms with Crippen molar-refractivity contribution < 1.29 is 22.6 Å². The number of thioether (sulfide) groups is 1. The van der Waals surface area contributed by atoms with Gasteiger partial charge in [0.25, 0.3) is 0 Å². The lowest BCUT2D eigenvalue weighted by molar-refractivity contribution is -0.275. The second kappa shape index (κ2) is 10.4. The van der Waals surface area contributed by atoms with Gasteiger partial charge < -0.3 is 9.47 Å². The lowest BCUT2D eigenvalue weighted by Gasteiger charge is -2.37. The highest BCUT2D eigenvalue weighted by atomic mass is 32.2. The summed E-state index contributed by atoms with van der Waals surface area (Å²) in [6.45, 7) is 2.87. The first-order valence-corrected chi connectivity index (χ1v) is 11.3. The molecule has 32 heavy (non-hydrogen) atoms. The van der Waals surface area contributed by atoms with Crippen LogP contribution in [0.4, 0.5) is 13.2 Å². The van der Waals surface area contributed by atoms with Crippen molar-refractivity contribution in [1.82, 2.24) is 4.90 Å². The molecule has 4 rings (SSSR count). The molecule has 0 amide bonds. The summed E-state index contributed by atoms with van der Waals surface area (Å²) in [7, 11) is 0. The highest BCUT2D eigenvalue weighted by Crippen LogP contribution is 2.44. The molecule has 0 spiro atoms. The molecule has 2 atom stereocenters. The zero-order chi connectivity index (χ0) is 22.4. The van der Waals surface area contributed by atoms with E-state index in [1.807, 2.05) is 48.5 Å². The quantitative estimate of drug-likeness (QED) is 0.386. The molecule has 1 heterocycles. The molecular formula is C25H24F3NO2S. The summed E-state index contributed by atoms with van der Waals surface area (Å²) in [6, 6.07) is 26.3. The van der Waals surface area contributed by atoms with E-state index in [1.165, 1.54) is 23.4 Å². The molecule has 7 heteroatoms. The summed E-state index contributed by atoms with van der Waals surface area (Å²) in [4.78, 5) is 2.76. The summed E-state index contributed by atoms with van der Waals surface area (Å²) in [6.07, 6.45) is -4.92. The van der Waals surface area contributed by atoms with Gasteiger partial charge >= 0.3 is 6.36 Å². The third-order valence-corrected chi connectivity index (χ3v) is 6.64. The summed E-state index contributed by atoms with van der Waals surface area (Å²) in [5.74, 6) is -0.192. The van der Waals surface area contributed by atoms with E-state index in [2.05, 4.69) is 21.8 Å². The largest absolute Gasteiger partial charge is 0.573 e. The summed E-state index contributed by atoms with van der Waals surface area (Å²) >= 11 is 1.35. The standard InChI is InChI=1S/C25H24F3NO2S/c26-25(27,28)31-21-13-7-8-14-23(21)32-24(20-11-5-2-6-12-20)22-18-29(15-16-30-22)17-19-9-3-1-4-10-19/h1-14,22,24H,15-18H2/t22-,24-/m0/s1. The SMILES string of the molecule is FC(F)(F)Oc1ccccc1S[C@@H](c1ccccc1)[C@@H]1CN(Cc2ccccc2)CCO1. The molecule has 1 aliphatic heterocycles. The van der Waals surface area contributed by atoms with Gasteiger partial charge in [-0.05, 0) is 23.3 Å². The van der Waals surface area contributed by atoms with Crippen molar-refractivity contribution in [1.29, 1.82) is 0 Å². The smallest absolute Gasteiger partial charge is 0.405 e. The van der Waals surface area contributed by atoms with Gasteiger partial charge in [0.1, 0.15) is 5.75 Å². The molecule has 1 fully saturated rings. The van der Waals surface area contributed by atoms with E-state index in [4.69, 9.17) is 4.74 Å². The molecule has 0 aliphatic carbocycles. The van der Waals surface area contributed by atoms with Gasteiger partial charge in [-0.3, -0.25) is 4.90 Å². The Kier molecular flexibility index (Phi) is 7.40. The number of nitrogens with zero attached hydrogens (tertiary/aromatic N) is 1. The van der Waals surface area contributed by atoms with Crippen LogP contribution in [0.1, 0.15) is 16.4 Å². The average molecular weight is 460 g/mol. The predicted molar refractivity (Wildman–Crippen MR) is 120 cm³/mol. The fourth-order valence-corrected chi connectivity index (χ4v) is 5.06. The number of hydrogen-bond acceptors (Lipinski definition) is 4. The second-order valence-corrected chi connectivity index (χ2v) is 8.76. The van der Waals surface area contributed by atoms with Crippen LogP contribution in [0.25, 0.3) is 0 Å². The minimum absolute atomic E-state index is 0.182. The van der Waals surface area contributed by atoms with Crippen LogP contribution >= 0.6 is 11.8 Å². The van der Waals surface area contributed by atoms with Gasteiger partial charge in [0.15, 0.2) is 0 Å². The Hall–Kier alpha value is -2.48. The van der Waals surface area contributed by atoms with Crippen LogP contribution in [-0.2, 0) is 11.3 Å². The maximum atomic E-state index is 12.9. The minimum Gasteiger partial charge on any atom is -0.405 e. The number of benzene rings is 3. The second-order valence-electron chi connectivity index (χ2n) is 7.57. The van der Waals surface area contributed by atoms with Crippen molar-refractivity contribution >= 4 is 11.8 Å². The molecule has 0 radical (unpaired) electrons. The third kappa shape index (κ3) is 6.28. The normalized spacial score (nSPS) is 18.3.